The van der Waals surface area contributed by atoms with Gasteiger partial charge in [-0.15, -0.1) is 0 Å². The predicted molar refractivity (Wildman–Crippen MR) is 78.0 cm³/mol. The largest absolute Gasteiger partial charge is 0.459 e. The van der Waals surface area contributed by atoms with Gasteiger partial charge in [0.2, 0.25) is 0 Å². The highest BCUT2D eigenvalue weighted by atomic mass is 16.3. The Kier molecular flexibility index (Phi) is 3.33. The summed E-state index contributed by atoms with van der Waals surface area (Å²) >= 11 is 0. The Balaban J connectivity index is 1.85. The Hall–Kier alpha value is -1.32. The fourth-order valence-electron chi connectivity index (χ4n) is 3.25. The van der Waals surface area contributed by atoms with Gasteiger partial charge in [-0.25, -0.2) is 0 Å². The first-order valence-corrected chi connectivity index (χ1v) is 7.13. The standard InChI is InChI=1S/C16H22N2O/c1-11-7-13(9-17)10-18(11)12(2)16-8-14-5-3-4-6-15(14)19-16/h3-6,8,11-13H,7,9-10,17H2,1-2H3. The Bertz CT molecular complexity index is 530. The zero-order valence-electron chi connectivity index (χ0n) is 11.7. The summed E-state index contributed by atoms with van der Waals surface area (Å²) in [4.78, 5) is 2.51. The maximum absolute atomic E-state index is 5.99. The minimum atomic E-state index is 0.318. The van der Waals surface area contributed by atoms with Gasteiger partial charge in [-0.2, -0.15) is 0 Å². The number of benzene rings is 1. The van der Waals surface area contributed by atoms with Gasteiger partial charge < -0.3 is 10.2 Å². The number of hydrogen-bond donors (Lipinski definition) is 1. The lowest BCUT2D eigenvalue weighted by molar-refractivity contribution is 0.181. The average molecular weight is 258 g/mol. The minimum absolute atomic E-state index is 0.318. The van der Waals surface area contributed by atoms with Gasteiger partial charge in [-0.3, -0.25) is 4.90 Å². The Labute approximate surface area is 114 Å². The molecule has 2 aromatic rings. The van der Waals surface area contributed by atoms with E-state index in [0.29, 0.717) is 18.0 Å². The van der Waals surface area contributed by atoms with E-state index in [2.05, 4.69) is 36.9 Å². The number of nitrogens with two attached hydrogens (primary N) is 1. The molecule has 1 aliphatic rings. The summed E-state index contributed by atoms with van der Waals surface area (Å²) < 4.78 is 5.99. The van der Waals surface area contributed by atoms with E-state index >= 15 is 0 Å². The zero-order chi connectivity index (χ0) is 13.4. The van der Waals surface area contributed by atoms with Crippen LogP contribution in [0.25, 0.3) is 11.0 Å². The van der Waals surface area contributed by atoms with E-state index in [0.717, 1.165) is 24.4 Å². The highest BCUT2D eigenvalue weighted by Crippen LogP contribution is 2.33. The van der Waals surface area contributed by atoms with Gasteiger partial charge in [-0.1, -0.05) is 18.2 Å². The maximum atomic E-state index is 5.99. The third-order valence-corrected chi connectivity index (χ3v) is 4.40. The molecule has 0 radical (unpaired) electrons. The molecule has 0 amide bonds. The molecule has 0 saturated carbocycles. The number of hydrogen-bond acceptors (Lipinski definition) is 3. The summed E-state index contributed by atoms with van der Waals surface area (Å²) in [7, 11) is 0. The van der Waals surface area contributed by atoms with Crippen molar-refractivity contribution in [3.05, 3.63) is 36.1 Å². The van der Waals surface area contributed by atoms with Crippen molar-refractivity contribution in [3.63, 3.8) is 0 Å². The Morgan fingerprint density at radius 2 is 2.21 bits per heavy atom. The first-order valence-electron chi connectivity index (χ1n) is 7.13. The molecular weight excluding hydrogens is 236 g/mol. The summed E-state index contributed by atoms with van der Waals surface area (Å²) in [6, 6.07) is 11.3. The number of furan rings is 1. The van der Waals surface area contributed by atoms with E-state index in [9.17, 15) is 0 Å². The van der Waals surface area contributed by atoms with E-state index in [1.165, 1.54) is 11.8 Å². The Morgan fingerprint density at radius 3 is 2.89 bits per heavy atom. The first-order chi connectivity index (χ1) is 9.19. The van der Waals surface area contributed by atoms with Gasteiger partial charge in [0, 0.05) is 18.0 Å². The second-order valence-corrected chi connectivity index (χ2v) is 5.75. The number of para-hydroxylation sites is 1. The summed E-state index contributed by atoms with van der Waals surface area (Å²) in [5.74, 6) is 1.69. The lowest BCUT2D eigenvalue weighted by Gasteiger charge is -2.27. The van der Waals surface area contributed by atoms with Crippen LogP contribution in [0.15, 0.2) is 34.7 Å². The molecule has 1 saturated heterocycles. The Morgan fingerprint density at radius 1 is 1.42 bits per heavy atom. The molecule has 2 N–H and O–H groups in total. The second kappa shape index (κ2) is 4.99. The van der Waals surface area contributed by atoms with Crippen LogP contribution in [0.1, 0.15) is 32.1 Å². The molecule has 1 aromatic carbocycles. The van der Waals surface area contributed by atoms with Crippen molar-refractivity contribution in [1.29, 1.82) is 0 Å². The molecule has 3 heteroatoms. The summed E-state index contributed by atoms with van der Waals surface area (Å²) in [6.45, 7) is 6.38. The number of nitrogens with zero attached hydrogens (tertiary/aromatic N) is 1. The fourth-order valence-corrected chi connectivity index (χ4v) is 3.25. The van der Waals surface area contributed by atoms with Crippen molar-refractivity contribution >= 4 is 11.0 Å². The highest BCUT2D eigenvalue weighted by molar-refractivity contribution is 5.77. The van der Waals surface area contributed by atoms with Crippen LogP contribution in [0.3, 0.4) is 0 Å². The van der Waals surface area contributed by atoms with E-state index in [1.807, 2.05) is 12.1 Å². The van der Waals surface area contributed by atoms with Gasteiger partial charge in [0.25, 0.3) is 0 Å². The smallest absolute Gasteiger partial charge is 0.134 e. The normalized spacial score (nSPS) is 26.1. The van der Waals surface area contributed by atoms with Crippen LogP contribution in [0.4, 0.5) is 0 Å². The van der Waals surface area contributed by atoms with Gasteiger partial charge in [0.1, 0.15) is 11.3 Å². The molecule has 102 valence electrons. The van der Waals surface area contributed by atoms with Gasteiger partial charge in [-0.05, 0) is 44.9 Å². The lowest BCUT2D eigenvalue weighted by Crippen LogP contribution is -2.30. The van der Waals surface area contributed by atoms with Crippen LogP contribution in [-0.4, -0.2) is 24.0 Å². The molecule has 3 rings (SSSR count). The van der Waals surface area contributed by atoms with Gasteiger partial charge in [0.05, 0.1) is 6.04 Å². The average Bonchev–Trinajstić information content (AvgIpc) is 3.01. The van der Waals surface area contributed by atoms with Gasteiger partial charge >= 0.3 is 0 Å². The molecule has 0 spiro atoms. The fraction of sp³-hybridized carbons (Fsp3) is 0.500. The van der Waals surface area contributed by atoms with E-state index < -0.39 is 0 Å². The van der Waals surface area contributed by atoms with E-state index in [4.69, 9.17) is 10.2 Å². The van der Waals surface area contributed by atoms with Crippen molar-refractivity contribution < 1.29 is 4.42 Å². The monoisotopic (exact) mass is 258 g/mol. The SMILES string of the molecule is CC1CC(CN)CN1C(C)c1cc2ccccc2o1. The summed E-state index contributed by atoms with van der Waals surface area (Å²) in [5, 5.41) is 1.19. The summed E-state index contributed by atoms with van der Waals surface area (Å²) in [5.41, 5.74) is 6.79. The molecular formula is C16H22N2O. The van der Waals surface area contributed by atoms with Crippen molar-refractivity contribution in [2.24, 2.45) is 11.7 Å². The molecule has 1 fully saturated rings. The van der Waals surface area contributed by atoms with Crippen LogP contribution in [0.2, 0.25) is 0 Å². The molecule has 2 heterocycles. The third-order valence-electron chi connectivity index (χ3n) is 4.40. The van der Waals surface area contributed by atoms with Crippen molar-refractivity contribution in [3.8, 4) is 0 Å². The van der Waals surface area contributed by atoms with E-state index in [1.54, 1.807) is 0 Å². The molecule has 3 unspecified atom stereocenters. The molecule has 0 bridgehead atoms. The van der Waals surface area contributed by atoms with Crippen LogP contribution < -0.4 is 5.73 Å². The zero-order valence-corrected chi connectivity index (χ0v) is 11.7. The predicted octanol–water partition coefficient (Wildman–Crippen LogP) is 3.16. The third kappa shape index (κ3) is 2.28. The van der Waals surface area contributed by atoms with Crippen LogP contribution >= 0.6 is 0 Å². The topological polar surface area (TPSA) is 42.4 Å². The summed E-state index contributed by atoms with van der Waals surface area (Å²) in [6.07, 6.45) is 1.20. The van der Waals surface area contributed by atoms with Gasteiger partial charge in [0.15, 0.2) is 0 Å². The lowest BCUT2D eigenvalue weighted by atomic mass is 10.1. The minimum Gasteiger partial charge on any atom is -0.459 e. The number of rotatable bonds is 3. The number of fused-ring (bicyclic) bond motifs is 1. The maximum Gasteiger partial charge on any atom is 0.134 e. The molecule has 19 heavy (non-hydrogen) atoms. The van der Waals surface area contributed by atoms with Crippen molar-refractivity contribution in [2.45, 2.75) is 32.4 Å². The van der Waals surface area contributed by atoms with Crippen LogP contribution in [0, 0.1) is 5.92 Å². The first kappa shape index (κ1) is 12.7. The van der Waals surface area contributed by atoms with Crippen LogP contribution in [0.5, 0.6) is 0 Å². The second-order valence-electron chi connectivity index (χ2n) is 5.75. The molecule has 3 atom stereocenters. The van der Waals surface area contributed by atoms with E-state index in [-0.39, 0.29) is 0 Å². The molecule has 3 nitrogen and oxygen atoms in total. The molecule has 1 aromatic heterocycles. The molecule has 1 aliphatic heterocycles. The quantitative estimate of drug-likeness (QED) is 0.919. The van der Waals surface area contributed by atoms with Crippen LogP contribution in [-0.2, 0) is 0 Å². The van der Waals surface area contributed by atoms with Crippen molar-refractivity contribution in [2.75, 3.05) is 13.1 Å². The molecule has 0 aliphatic carbocycles. The highest BCUT2D eigenvalue weighted by Gasteiger charge is 2.33. The van der Waals surface area contributed by atoms with Crippen molar-refractivity contribution in [1.82, 2.24) is 4.90 Å². The number of likely N-dealkylation sites (tertiary alicyclic amines) is 1.